The van der Waals surface area contributed by atoms with Crippen molar-refractivity contribution in [2.75, 3.05) is 0 Å². The largest absolute Gasteiger partial charge is 0.457 e. The summed E-state index contributed by atoms with van der Waals surface area (Å²) >= 11 is 0. The van der Waals surface area contributed by atoms with Crippen molar-refractivity contribution in [3.05, 3.63) is 127 Å². The van der Waals surface area contributed by atoms with E-state index in [0.717, 1.165) is 56.0 Å². The molecular formula is C35H25N3O. The molecule has 4 nitrogen and oxygen atoms in total. The molecule has 3 heterocycles. The first kappa shape index (κ1) is 22.1. The van der Waals surface area contributed by atoms with Crippen molar-refractivity contribution >= 4 is 22.0 Å². The van der Waals surface area contributed by atoms with Crippen LogP contribution in [0.3, 0.4) is 0 Å². The standard InChI is InChI=1S/C35H25N3O/c1-35(2)26-19-11-9-17-24(26)30-31-32(39-33(30)35)25-18-10-12-20-28(25)38(31)29-21-27(22-13-5-3-6-14-22)36-34(37-29)23-15-7-4-8-16-23/h3-21H,1-2H3. The van der Waals surface area contributed by atoms with Gasteiger partial charge in [-0.15, -0.1) is 0 Å². The van der Waals surface area contributed by atoms with E-state index in [-0.39, 0.29) is 5.41 Å². The predicted molar refractivity (Wildman–Crippen MR) is 157 cm³/mol. The van der Waals surface area contributed by atoms with E-state index >= 15 is 0 Å². The highest BCUT2D eigenvalue weighted by atomic mass is 16.3. The Morgan fingerprint density at radius 3 is 2.15 bits per heavy atom. The van der Waals surface area contributed by atoms with Gasteiger partial charge in [-0.25, -0.2) is 9.97 Å². The van der Waals surface area contributed by atoms with Gasteiger partial charge in [-0.2, -0.15) is 0 Å². The number of benzene rings is 4. The molecule has 0 saturated carbocycles. The number of hydrogen-bond donors (Lipinski definition) is 0. The van der Waals surface area contributed by atoms with Crippen LogP contribution in [0.5, 0.6) is 0 Å². The maximum Gasteiger partial charge on any atom is 0.162 e. The van der Waals surface area contributed by atoms with Crippen LogP contribution < -0.4 is 0 Å². The number of rotatable bonds is 3. The minimum Gasteiger partial charge on any atom is -0.457 e. The maximum atomic E-state index is 6.79. The molecule has 0 atom stereocenters. The van der Waals surface area contributed by atoms with Crippen LogP contribution in [0.2, 0.25) is 0 Å². The molecule has 4 heteroatoms. The Balaban J connectivity index is 1.50. The SMILES string of the molecule is CC1(C)c2ccccc2-c2c1oc1c3ccccc3n(-c3cc(-c4ccccc4)nc(-c4ccccc4)n3)c21. The zero-order chi connectivity index (χ0) is 26.1. The first-order valence-electron chi connectivity index (χ1n) is 13.3. The zero-order valence-corrected chi connectivity index (χ0v) is 21.7. The number of para-hydroxylation sites is 1. The number of aromatic nitrogens is 3. The monoisotopic (exact) mass is 503 g/mol. The third-order valence-electron chi connectivity index (χ3n) is 7.98. The van der Waals surface area contributed by atoms with Gasteiger partial charge in [0, 0.05) is 33.6 Å². The second-order valence-electron chi connectivity index (χ2n) is 10.7. The van der Waals surface area contributed by atoms with Gasteiger partial charge in [0.2, 0.25) is 0 Å². The van der Waals surface area contributed by atoms with Crippen LogP contribution in [-0.2, 0) is 5.41 Å². The predicted octanol–water partition coefficient (Wildman–Crippen LogP) is 8.81. The molecular weight excluding hydrogens is 478 g/mol. The van der Waals surface area contributed by atoms with E-state index in [0.29, 0.717) is 5.82 Å². The molecule has 39 heavy (non-hydrogen) atoms. The smallest absolute Gasteiger partial charge is 0.162 e. The fourth-order valence-corrected chi connectivity index (χ4v) is 6.12. The minimum atomic E-state index is -0.229. The second-order valence-corrected chi connectivity index (χ2v) is 10.7. The number of hydrogen-bond acceptors (Lipinski definition) is 3. The van der Waals surface area contributed by atoms with Gasteiger partial charge >= 0.3 is 0 Å². The third kappa shape index (κ3) is 3.12. The van der Waals surface area contributed by atoms with Crippen molar-refractivity contribution in [3.63, 3.8) is 0 Å². The fraction of sp³-hybridized carbons (Fsp3) is 0.0857. The van der Waals surface area contributed by atoms with Gasteiger partial charge in [-0.05, 0) is 37.1 Å². The lowest BCUT2D eigenvalue weighted by molar-refractivity contribution is 0.466. The Labute approximate surface area is 226 Å². The van der Waals surface area contributed by atoms with Crippen LogP contribution in [0.4, 0.5) is 0 Å². The molecule has 7 aromatic rings. The molecule has 0 saturated heterocycles. The van der Waals surface area contributed by atoms with Crippen LogP contribution in [-0.4, -0.2) is 14.5 Å². The van der Waals surface area contributed by atoms with Crippen molar-refractivity contribution in [2.24, 2.45) is 0 Å². The highest BCUT2D eigenvalue weighted by molar-refractivity contribution is 6.13. The van der Waals surface area contributed by atoms with Crippen molar-refractivity contribution in [1.29, 1.82) is 0 Å². The lowest BCUT2D eigenvalue weighted by Crippen LogP contribution is -2.14. The summed E-state index contributed by atoms with van der Waals surface area (Å²) in [6.45, 7) is 4.50. The molecule has 3 aromatic heterocycles. The molecule has 1 aliphatic carbocycles. The van der Waals surface area contributed by atoms with Crippen molar-refractivity contribution < 1.29 is 4.42 Å². The summed E-state index contributed by atoms with van der Waals surface area (Å²) in [6, 6.07) is 39.7. The molecule has 0 amide bonds. The Morgan fingerprint density at radius 1 is 0.692 bits per heavy atom. The van der Waals surface area contributed by atoms with E-state index in [2.05, 4.69) is 97.3 Å². The average Bonchev–Trinajstić information content (AvgIpc) is 3.60. The molecule has 4 aromatic carbocycles. The van der Waals surface area contributed by atoms with E-state index in [1.54, 1.807) is 0 Å². The molecule has 0 fully saturated rings. The summed E-state index contributed by atoms with van der Waals surface area (Å²) in [5.41, 5.74) is 9.37. The molecule has 0 spiro atoms. The van der Waals surface area contributed by atoms with E-state index in [9.17, 15) is 0 Å². The van der Waals surface area contributed by atoms with E-state index in [1.165, 1.54) is 11.1 Å². The maximum absolute atomic E-state index is 6.79. The van der Waals surface area contributed by atoms with Crippen molar-refractivity contribution in [3.8, 4) is 39.6 Å². The van der Waals surface area contributed by atoms with Gasteiger partial charge in [0.05, 0.1) is 11.2 Å². The summed E-state index contributed by atoms with van der Waals surface area (Å²) in [5, 5.41) is 1.08. The summed E-state index contributed by atoms with van der Waals surface area (Å²) in [6.07, 6.45) is 0. The molecule has 8 rings (SSSR count). The van der Waals surface area contributed by atoms with Crippen molar-refractivity contribution in [2.45, 2.75) is 19.3 Å². The summed E-state index contributed by atoms with van der Waals surface area (Å²) < 4.78 is 9.06. The average molecular weight is 504 g/mol. The fourth-order valence-electron chi connectivity index (χ4n) is 6.12. The Hall–Kier alpha value is -4.96. The molecule has 0 bridgehead atoms. The van der Waals surface area contributed by atoms with Crippen molar-refractivity contribution in [1.82, 2.24) is 14.5 Å². The van der Waals surface area contributed by atoms with Crippen LogP contribution in [0.15, 0.2) is 120 Å². The summed E-state index contributed by atoms with van der Waals surface area (Å²) in [5.74, 6) is 2.52. The van der Waals surface area contributed by atoms with Crippen LogP contribution >= 0.6 is 0 Å². The molecule has 186 valence electrons. The van der Waals surface area contributed by atoms with Gasteiger partial charge in [0.15, 0.2) is 11.4 Å². The molecule has 1 aliphatic rings. The van der Waals surface area contributed by atoms with Crippen LogP contribution in [0.25, 0.3) is 61.6 Å². The second kappa shape index (κ2) is 8.02. The molecule has 0 radical (unpaired) electrons. The molecule has 0 aliphatic heterocycles. The van der Waals surface area contributed by atoms with Gasteiger partial charge < -0.3 is 4.42 Å². The normalized spacial score (nSPS) is 13.6. The number of fused-ring (bicyclic) bond motifs is 7. The van der Waals surface area contributed by atoms with E-state index < -0.39 is 0 Å². The molecule has 0 N–H and O–H groups in total. The lowest BCUT2D eigenvalue weighted by Gasteiger charge is -2.18. The first-order chi connectivity index (χ1) is 19.1. The molecule has 0 unspecified atom stereocenters. The number of nitrogens with zero attached hydrogens (tertiary/aromatic N) is 3. The number of furan rings is 1. The van der Waals surface area contributed by atoms with Crippen LogP contribution in [0, 0.1) is 0 Å². The van der Waals surface area contributed by atoms with E-state index in [4.69, 9.17) is 14.4 Å². The Bertz CT molecular complexity index is 1970. The Kier molecular flexibility index (Phi) is 4.54. The first-order valence-corrected chi connectivity index (χ1v) is 13.3. The summed E-state index contributed by atoms with van der Waals surface area (Å²) in [7, 11) is 0. The van der Waals surface area contributed by atoms with Gasteiger partial charge in [-0.3, -0.25) is 4.57 Å². The third-order valence-corrected chi connectivity index (χ3v) is 7.98. The van der Waals surface area contributed by atoms with Gasteiger partial charge in [0.1, 0.15) is 17.1 Å². The lowest BCUT2D eigenvalue weighted by atomic mass is 9.86. The minimum absolute atomic E-state index is 0.229. The van der Waals surface area contributed by atoms with Crippen LogP contribution in [0.1, 0.15) is 25.2 Å². The quantitative estimate of drug-likeness (QED) is 0.242. The topological polar surface area (TPSA) is 43.9 Å². The zero-order valence-electron chi connectivity index (χ0n) is 21.7. The van der Waals surface area contributed by atoms with Gasteiger partial charge in [0.25, 0.3) is 0 Å². The summed E-state index contributed by atoms with van der Waals surface area (Å²) in [4.78, 5) is 10.2. The highest BCUT2D eigenvalue weighted by Crippen LogP contribution is 2.54. The highest BCUT2D eigenvalue weighted by Gasteiger charge is 2.42. The van der Waals surface area contributed by atoms with E-state index in [1.807, 2.05) is 36.4 Å². The van der Waals surface area contributed by atoms with Gasteiger partial charge in [-0.1, -0.05) is 97.1 Å². The Morgan fingerprint density at radius 2 is 1.36 bits per heavy atom.